The van der Waals surface area contributed by atoms with Crippen LogP contribution in [0.4, 0.5) is 5.69 Å². The number of aromatic amines is 1. The normalized spacial score (nSPS) is 10.9. The summed E-state index contributed by atoms with van der Waals surface area (Å²) in [5.74, 6) is 0. The van der Waals surface area contributed by atoms with Gasteiger partial charge in [-0.3, -0.25) is 9.36 Å². The van der Waals surface area contributed by atoms with E-state index < -0.39 is 0 Å². The Morgan fingerprint density at radius 1 is 1.20 bits per heavy atom. The van der Waals surface area contributed by atoms with Gasteiger partial charge in [0.2, 0.25) is 0 Å². The first-order valence-corrected chi connectivity index (χ1v) is 7.37. The Labute approximate surface area is 124 Å². The molecule has 102 valence electrons. The van der Waals surface area contributed by atoms with E-state index in [1.165, 1.54) is 15.9 Å². The van der Waals surface area contributed by atoms with Gasteiger partial charge in [0, 0.05) is 19.8 Å². The molecule has 0 fully saturated rings. The summed E-state index contributed by atoms with van der Waals surface area (Å²) in [6.45, 7) is 0. The molecule has 0 bridgehead atoms. The van der Waals surface area contributed by atoms with Crippen molar-refractivity contribution in [3.63, 3.8) is 0 Å². The van der Waals surface area contributed by atoms with E-state index in [0.29, 0.717) is 9.47 Å². The number of H-pyrrole nitrogens is 1. The SMILES string of the molecule is CN(C)c1ccc(-n2c(=S)[nH]c3ccsc3c2=O)cc1. The molecule has 3 aromatic rings. The predicted octanol–water partition coefficient (Wildman–Crippen LogP) is 3.18. The summed E-state index contributed by atoms with van der Waals surface area (Å²) < 4.78 is 2.64. The zero-order valence-corrected chi connectivity index (χ0v) is 12.7. The highest BCUT2D eigenvalue weighted by Gasteiger charge is 2.08. The van der Waals surface area contributed by atoms with Crippen molar-refractivity contribution in [2.24, 2.45) is 0 Å². The summed E-state index contributed by atoms with van der Waals surface area (Å²) in [6.07, 6.45) is 0. The number of aromatic nitrogens is 2. The van der Waals surface area contributed by atoms with Crippen molar-refractivity contribution in [3.8, 4) is 5.69 Å². The molecule has 6 heteroatoms. The fourth-order valence-corrected chi connectivity index (χ4v) is 3.15. The lowest BCUT2D eigenvalue weighted by Gasteiger charge is -2.13. The first-order chi connectivity index (χ1) is 9.58. The Kier molecular flexibility index (Phi) is 3.19. The van der Waals surface area contributed by atoms with E-state index >= 15 is 0 Å². The Hall–Kier alpha value is -1.92. The second kappa shape index (κ2) is 4.88. The van der Waals surface area contributed by atoms with Crippen LogP contribution in [0.2, 0.25) is 0 Å². The van der Waals surface area contributed by atoms with Crippen LogP contribution in [0.3, 0.4) is 0 Å². The molecule has 0 aliphatic heterocycles. The molecule has 2 heterocycles. The highest BCUT2D eigenvalue weighted by atomic mass is 32.1. The van der Waals surface area contributed by atoms with Gasteiger partial charge in [0.25, 0.3) is 5.56 Å². The van der Waals surface area contributed by atoms with E-state index in [4.69, 9.17) is 12.2 Å². The van der Waals surface area contributed by atoms with E-state index in [1.54, 1.807) is 0 Å². The second-order valence-electron chi connectivity index (χ2n) is 4.64. The maximum Gasteiger partial charge on any atom is 0.276 e. The van der Waals surface area contributed by atoms with Gasteiger partial charge in [-0.05, 0) is 47.9 Å². The maximum atomic E-state index is 12.5. The van der Waals surface area contributed by atoms with Crippen LogP contribution in [0.15, 0.2) is 40.5 Å². The van der Waals surface area contributed by atoms with Gasteiger partial charge in [0.05, 0.1) is 11.2 Å². The molecular formula is C14H13N3OS2. The van der Waals surface area contributed by atoms with Crippen LogP contribution in [0, 0.1) is 4.77 Å². The Balaban J connectivity index is 2.23. The molecule has 0 aliphatic carbocycles. The Morgan fingerprint density at radius 3 is 2.55 bits per heavy atom. The molecule has 0 saturated heterocycles. The quantitative estimate of drug-likeness (QED) is 0.739. The third-order valence-corrected chi connectivity index (χ3v) is 4.32. The van der Waals surface area contributed by atoms with Crippen molar-refractivity contribution in [1.82, 2.24) is 9.55 Å². The second-order valence-corrected chi connectivity index (χ2v) is 5.95. The number of hydrogen-bond acceptors (Lipinski definition) is 4. The summed E-state index contributed by atoms with van der Waals surface area (Å²) in [6, 6.07) is 9.61. The van der Waals surface area contributed by atoms with Gasteiger partial charge in [-0.1, -0.05) is 0 Å². The predicted molar refractivity (Wildman–Crippen MR) is 86.9 cm³/mol. The highest BCUT2D eigenvalue weighted by molar-refractivity contribution is 7.71. The van der Waals surface area contributed by atoms with E-state index in [2.05, 4.69) is 4.98 Å². The average Bonchev–Trinajstić information content (AvgIpc) is 2.87. The molecule has 1 N–H and O–H groups in total. The molecular weight excluding hydrogens is 290 g/mol. The van der Waals surface area contributed by atoms with Gasteiger partial charge in [0.15, 0.2) is 4.77 Å². The third-order valence-electron chi connectivity index (χ3n) is 3.13. The minimum atomic E-state index is -0.0728. The van der Waals surface area contributed by atoms with Crippen LogP contribution in [0.25, 0.3) is 15.9 Å². The minimum Gasteiger partial charge on any atom is -0.378 e. The molecule has 3 rings (SSSR count). The van der Waals surface area contributed by atoms with Crippen molar-refractivity contribution < 1.29 is 0 Å². The third kappa shape index (κ3) is 2.07. The number of nitrogens with one attached hydrogen (secondary N) is 1. The fraction of sp³-hybridized carbons (Fsp3) is 0.143. The number of anilines is 1. The Morgan fingerprint density at radius 2 is 1.90 bits per heavy atom. The summed E-state index contributed by atoms with van der Waals surface area (Å²) >= 11 is 6.72. The lowest BCUT2D eigenvalue weighted by Crippen LogP contribution is -2.19. The molecule has 0 unspecified atom stereocenters. The van der Waals surface area contributed by atoms with Crippen molar-refractivity contribution >= 4 is 39.5 Å². The molecule has 0 spiro atoms. The van der Waals surface area contributed by atoms with Gasteiger partial charge in [-0.25, -0.2) is 0 Å². The summed E-state index contributed by atoms with van der Waals surface area (Å²) in [5, 5.41) is 1.89. The lowest BCUT2D eigenvalue weighted by molar-refractivity contribution is 0.942. The Bertz CT molecular complexity index is 872. The molecule has 20 heavy (non-hydrogen) atoms. The number of hydrogen-bond donors (Lipinski definition) is 1. The summed E-state index contributed by atoms with van der Waals surface area (Å²) in [4.78, 5) is 17.6. The molecule has 0 saturated carbocycles. The number of rotatable bonds is 2. The van der Waals surface area contributed by atoms with Crippen LogP contribution in [-0.4, -0.2) is 23.6 Å². The number of benzene rings is 1. The smallest absolute Gasteiger partial charge is 0.276 e. The largest absolute Gasteiger partial charge is 0.378 e. The van der Waals surface area contributed by atoms with Crippen molar-refractivity contribution in [2.75, 3.05) is 19.0 Å². The fourth-order valence-electron chi connectivity index (χ4n) is 2.07. The van der Waals surface area contributed by atoms with E-state index in [1.807, 2.05) is 54.7 Å². The van der Waals surface area contributed by atoms with Crippen molar-refractivity contribution in [3.05, 3.63) is 50.8 Å². The van der Waals surface area contributed by atoms with Crippen LogP contribution < -0.4 is 10.5 Å². The zero-order valence-electron chi connectivity index (χ0n) is 11.1. The number of thiophene rings is 1. The van der Waals surface area contributed by atoms with Gasteiger partial charge in [0.1, 0.15) is 4.70 Å². The topological polar surface area (TPSA) is 41.0 Å². The summed E-state index contributed by atoms with van der Waals surface area (Å²) in [7, 11) is 3.95. The van der Waals surface area contributed by atoms with E-state index in [9.17, 15) is 4.79 Å². The van der Waals surface area contributed by atoms with Gasteiger partial charge >= 0.3 is 0 Å². The van der Waals surface area contributed by atoms with Gasteiger partial charge in [-0.15, -0.1) is 11.3 Å². The maximum absolute atomic E-state index is 12.5. The van der Waals surface area contributed by atoms with E-state index in [0.717, 1.165) is 16.9 Å². The minimum absolute atomic E-state index is 0.0728. The van der Waals surface area contributed by atoms with Crippen LogP contribution in [0.5, 0.6) is 0 Å². The van der Waals surface area contributed by atoms with Crippen LogP contribution in [0.1, 0.15) is 0 Å². The molecule has 0 aliphatic rings. The van der Waals surface area contributed by atoms with E-state index in [-0.39, 0.29) is 5.56 Å². The lowest BCUT2D eigenvalue weighted by atomic mass is 10.2. The average molecular weight is 303 g/mol. The molecule has 0 atom stereocenters. The monoisotopic (exact) mass is 303 g/mol. The van der Waals surface area contributed by atoms with Crippen molar-refractivity contribution in [1.29, 1.82) is 0 Å². The zero-order chi connectivity index (χ0) is 14.3. The molecule has 4 nitrogen and oxygen atoms in total. The van der Waals surface area contributed by atoms with Crippen molar-refractivity contribution in [2.45, 2.75) is 0 Å². The van der Waals surface area contributed by atoms with Gasteiger partial charge < -0.3 is 9.88 Å². The number of fused-ring (bicyclic) bond motifs is 1. The molecule has 0 amide bonds. The molecule has 1 aromatic carbocycles. The highest BCUT2D eigenvalue weighted by Crippen LogP contribution is 2.18. The summed E-state index contributed by atoms with van der Waals surface area (Å²) in [5.41, 5.74) is 2.58. The number of nitrogens with zero attached hydrogens (tertiary/aromatic N) is 2. The van der Waals surface area contributed by atoms with Crippen LogP contribution in [-0.2, 0) is 0 Å². The standard InChI is InChI=1S/C14H13N3OS2/c1-16(2)9-3-5-10(6-4-9)17-13(18)12-11(7-8-20-12)15-14(17)19/h3-8H,1-2H3,(H,15,19). The first kappa shape index (κ1) is 13.1. The van der Waals surface area contributed by atoms with Gasteiger partial charge in [-0.2, -0.15) is 0 Å². The first-order valence-electron chi connectivity index (χ1n) is 6.08. The van der Waals surface area contributed by atoms with Crippen LogP contribution >= 0.6 is 23.6 Å². The molecule has 2 aromatic heterocycles. The molecule has 0 radical (unpaired) electrons.